The number of hydrogen-bond acceptors (Lipinski definition) is 5. The third-order valence-corrected chi connectivity index (χ3v) is 6.11. The number of rotatable bonds is 9. The zero-order valence-corrected chi connectivity index (χ0v) is 19.5. The second-order valence-electron chi connectivity index (χ2n) is 6.75. The molecular weight excluding hydrogens is 455 g/mol. The fourth-order valence-electron chi connectivity index (χ4n) is 2.72. The van der Waals surface area contributed by atoms with Gasteiger partial charge in [0.15, 0.2) is 6.61 Å². The van der Waals surface area contributed by atoms with Crippen molar-refractivity contribution in [2.24, 2.45) is 0 Å². The smallest absolute Gasteiger partial charge is 0.343 e. The Labute approximate surface area is 196 Å². The largest absolute Gasteiger partial charge is 0.489 e. The van der Waals surface area contributed by atoms with Crippen LogP contribution < -0.4 is 9.47 Å². The van der Waals surface area contributed by atoms with Crippen molar-refractivity contribution < 1.29 is 19.0 Å². The van der Waals surface area contributed by atoms with Crippen molar-refractivity contribution in [2.75, 3.05) is 13.7 Å². The highest BCUT2D eigenvalue weighted by molar-refractivity contribution is 7.98. The third-order valence-electron chi connectivity index (χ3n) is 4.46. The lowest BCUT2D eigenvalue weighted by atomic mass is 10.2. The molecule has 0 amide bonds. The molecule has 0 atom stereocenters. The standard InChI is InChI=1S/C24H22Cl2O4S/c1-16-11-21(9-10-23(16)30-14-24(27)28-2)31-15-17-3-7-20(8-4-17)29-13-18-5-6-19(25)12-22(18)26/h3-12H,13-15H2,1-2H3. The molecule has 0 radical (unpaired) electrons. The number of aryl methyl sites for hydroxylation is 1. The fraction of sp³-hybridized carbons (Fsp3) is 0.208. The number of carbonyl (C=O) groups excluding carboxylic acids is 1. The maximum absolute atomic E-state index is 11.2. The lowest BCUT2D eigenvalue weighted by Gasteiger charge is -2.10. The summed E-state index contributed by atoms with van der Waals surface area (Å²) in [5.41, 5.74) is 3.05. The van der Waals surface area contributed by atoms with Crippen molar-refractivity contribution in [3.05, 3.63) is 87.4 Å². The van der Waals surface area contributed by atoms with Gasteiger partial charge in [-0.25, -0.2) is 4.79 Å². The van der Waals surface area contributed by atoms with Crippen molar-refractivity contribution in [3.8, 4) is 11.5 Å². The highest BCUT2D eigenvalue weighted by atomic mass is 35.5. The van der Waals surface area contributed by atoms with Crippen LogP contribution >= 0.6 is 35.0 Å². The zero-order valence-electron chi connectivity index (χ0n) is 17.2. The Morgan fingerprint density at radius 2 is 1.74 bits per heavy atom. The van der Waals surface area contributed by atoms with Crippen LogP contribution in [0.15, 0.2) is 65.6 Å². The van der Waals surface area contributed by atoms with Gasteiger partial charge >= 0.3 is 5.97 Å². The molecule has 0 aliphatic heterocycles. The summed E-state index contributed by atoms with van der Waals surface area (Å²) in [7, 11) is 1.34. The van der Waals surface area contributed by atoms with Crippen LogP contribution in [0.4, 0.5) is 0 Å². The van der Waals surface area contributed by atoms with Crippen LogP contribution in [0.25, 0.3) is 0 Å². The Morgan fingerprint density at radius 1 is 0.968 bits per heavy atom. The van der Waals surface area contributed by atoms with Crippen LogP contribution in [0.2, 0.25) is 10.0 Å². The molecule has 31 heavy (non-hydrogen) atoms. The van der Waals surface area contributed by atoms with Gasteiger partial charge in [-0.1, -0.05) is 41.4 Å². The van der Waals surface area contributed by atoms with Crippen LogP contribution in [0, 0.1) is 6.92 Å². The number of ether oxygens (including phenoxy) is 3. The molecule has 0 aliphatic rings. The molecule has 4 nitrogen and oxygen atoms in total. The molecule has 0 heterocycles. The quantitative estimate of drug-likeness (QED) is 0.253. The molecule has 0 fully saturated rings. The van der Waals surface area contributed by atoms with Crippen LogP contribution in [0.5, 0.6) is 11.5 Å². The van der Waals surface area contributed by atoms with Gasteiger partial charge < -0.3 is 14.2 Å². The van der Waals surface area contributed by atoms with E-state index in [0.717, 1.165) is 27.5 Å². The summed E-state index contributed by atoms with van der Waals surface area (Å²) in [6.45, 7) is 2.24. The normalized spacial score (nSPS) is 10.6. The van der Waals surface area contributed by atoms with Crippen molar-refractivity contribution in [1.82, 2.24) is 0 Å². The van der Waals surface area contributed by atoms with Gasteiger partial charge in [0.25, 0.3) is 0 Å². The van der Waals surface area contributed by atoms with Crippen LogP contribution in [0.1, 0.15) is 16.7 Å². The molecule has 0 saturated heterocycles. The van der Waals surface area contributed by atoms with E-state index in [1.54, 1.807) is 23.9 Å². The van der Waals surface area contributed by atoms with Crippen molar-refractivity contribution in [3.63, 3.8) is 0 Å². The fourth-order valence-corrected chi connectivity index (χ4v) is 4.13. The van der Waals surface area contributed by atoms with Gasteiger partial charge in [0.05, 0.1) is 7.11 Å². The monoisotopic (exact) mass is 476 g/mol. The Hall–Kier alpha value is -2.34. The minimum absolute atomic E-state index is 0.0948. The molecule has 3 rings (SSSR count). The van der Waals surface area contributed by atoms with E-state index in [4.69, 9.17) is 32.7 Å². The molecule has 3 aromatic carbocycles. The summed E-state index contributed by atoms with van der Waals surface area (Å²) in [5, 5.41) is 1.20. The second kappa shape index (κ2) is 11.3. The molecule has 3 aromatic rings. The molecule has 0 unspecified atom stereocenters. The van der Waals surface area contributed by atoms with Gasteiger partial charge in [0.1, 0.15) is 18.1 Å². The van der Waals surface area contributed by atoms with Gasteiger partial charge in [-0.05, 0) is 60.5 Å². The summed E-state index contributed by atoms with van der Waals surface area (Å²) in [6, 6.07) is 19.3. The number of thioether (sulfide) groups is 1. The predicted molar refractivity (Wildman–Crippen MR) is 125 cm³/mol. The van der Waals surface area contributed by atoms with E-state index in [-0.39, 0.29) is 6.61 Å². The first-order chi connectivity index (χ1) is 14.9. The van der Waals surface area contributed by atoms with Crippen LogP contribution in [0.3, 0.4) is 0 Å². The summed E-state index contributed by atoms with van der Waals surface area (Å²) >= 11 is 13.8. The molecule has 0 aromatic heterocycles. The first-order valence-corrected chi connectivity index (χ1v) is 11.3. The van der Waals surface area contributed by atoms with E-state index in [1.165, 1.54) is 12.7 Å². The first-order valence-electron chi connectivity index (χ1n) is 9.53. The van der Waals surface area contributed by atoms with Crippen LogP contribution in [-0.2, 0) is 21.9 Å². The van der Waals surface area contributed by atoms with Gasteiger partial charge in [-0.3, -0.25) is 0 Å². The highest BCUT2D eigenvalue weighted by Crippen LogP contribution is 2.29. The van der Waals surface area contributed by atoms with E-state index in [9.17, 15) is 4.79 Å². The van der Waals surface area contributed by atoms with Crippen LogP contribution in [-0.4, -0.2) is 19.7 Å². The number of benzene rings is 3. The molecule has 0 aliphatic carbocycles. The predicted octanol–water partition coefficient (Wildman–Crippen LogP) is 6.72. The number of hydrogen-bond donors (Lipinski definition) is 0. The van der Waals surface area contributed by atoms with E-state index in [2.05, 4.69) is 4.74 Å². The average Bonchev–Trinajstić information content (AvgIpc) is 2.77. The molecule has 162 valence electrons. The Balaban J connectivity index is 1.50. The van der Waals surface area contributed by atoms with Crippen molar-refractivity contribution >= 4 is 40.9 Å². The van der Waals surface area contributed by atoms with Gasteiger partial charge in [0, 0.05) is 26.3 Å². The average molecular weight is 477 g/mol. The summed E-state index contributed by atoms with van der Waals surface area (Å²) in [6.07, 6.45) is 0. The zero-order chi connectivity index (χ0) is 22.2. The maximum atomic E-state index is 11.2. The van der Waals surface area contributed by atoms with Gasteiger partial charge in [-0.15, -0.1) is 11.8 Å². The lowest BCUT2D eigenvalue weighted by molar-refractivity contribution is -0.142. The van der Waals surface area contributed by atoms with Crippen molar-refractivity contribution in [2.45, 2.75) is 24.2 Å². The molecule has 7 heteroatoms. The number of esters is 1. The third kappa shape index (κ3) is 7.10. The molecule has 0 spiro atoms. The lowest BCUT2D eigenvalue weighted by Crippen LogP contribution is -2.12. The Bertz CT molecular complexity index is 1040. The number of methoxy groups -OCH3 is 1. The van der Waals surface area contributed by atoms with E-state index in [0.29, 0.717) is 22.4 Å². The Kier molecular flexibility index (Phi) is 8.52. The van der Waals surface area contributed by atoms with Crippen molar-refractivity contribution in [1.29, 1.82) is 0 Å². The van der Waals surface area contributed by atoms with Gasteiger partial charge in [0.2, 0.25) is 0 Å². The topological polar surface area (TPSA) is 44.8 Å². The molecule has 0 bridgehead atoms. The summed E-state index contributed by atoms with van der Waals surface area (Å²) < 4.78 is 15.9. The number of carbonyl (C=O) groups is 1. The second-order valence-corrected chi connectivity index (χ2v) is 8.64. The minimum atomic E-state index is -0.401. The SMILES string of the molecule is COC(=O)COc1ccc(SCc2ccc(OCc3ccc(Cl)cc3Cl)cc2)cc1C. The summed E-state index contributed by atoms with van der Waals surface area (Å²) in [5.74, 6) is 1.88. The van der Waals surface area contributed by atoms with E-state index >= 15 is 0 Å². The molecule has 0 N–H and O–H groups in total. The summed E-state index contributed by atoms with van der Waals surface area (Å²) in [4.78, 5) is 12.3. The van der Waals surface area contributed by atoms with E-state index < -0.39 is 5.97 Å². The van der Waals surface area contributed by atoms with E-state index in [1.807, 2.05) is 55.5 Å². The highest BCUT2D eigenvalue weighted by Gasteiger charge is 2.07. The first kappa shape index (κ1) is 23.3. The number of halogens is 2. The minimum Gasteiger partial charge on any atom is -0.489 e. The molecular formula is C24H22Cl2O4S. The maximum Gasteiger partial charge on any atom is 0.343 e. The Morgan fingerprint density at radius 3 is 2.42 bits per heavy atom. The van der Waals surface area contributed by atoms with Gasteiger partial charge in [-0.2, -0.15) is 0 Å². The molecule has 0 saturated carbocycles.